The molecule has 0 aliphatic heterocycles. The van der Waals surface area contributed by atoms with Crippen LogP contribution in [0.2, 0.25) is 5.02 Å². The molecular weight excluding hydrogens is 276 g/mol. The van der Waals surface area contributed by atoms with Gasteiger partial charge in [-0.2, -0.15) is 0 Å². The Bertz CT molecular complexity index is 420. The van der Waals surface area contributed by atoms with Gasteiger partial charge in [0.2, 0.25) is 0 Å². The van der Waals surface area contributed by atoms with Crippen LogP contribution in [0.15, 0.2) is 24.3 Å². The lowest BCUT2D eigenvalue weighted by Gasteiger charge is -2.20. The highest BCUT2D eigenvalue weighted by atomic mass is 35.5. The molecule has 1 aromatic rings. The molecule has 0 radical (unpaired) electrons. The minimum absolute atomic E-state index is 0.162. The van der Waals surface area contributed by atoms with E-state index in [1.54, 1.807) is 24.3 Å². The number of esters is 1. The zero-order chi connectivity index (χ0) is 15.0. The first kappa shape index (κ1) is 17.0. The highest BCUT2D eigenvalue weighted by molar-refractivity contribution is 6.30. The second-order valence-corrected chi connectivity index (χ2v) is 5.46. The van der Waals surface area contributed by atoms with E-state index in [0.29, 0.717) is 17.2 Å². The van der Waals surface area contributed by atoms with Crippen LogP contribution in [0.4, 0.5) is 0 Å². The summed E-state index contributed by atoms with van der Waals surface area (Å²) in [5.41, 5.74) is 0.475. The molecule has 20 heavy (non-hydrogen) atoms. The van der Waals surface area contributed by atoms with Crippen molar-refractivity contribution < 1.29 is 14.3 Å². The van der Waals surface area contributed by atoms with Gasteiger partial charge in [0, 0.05) is 17.5 Å². The Labute approximate surface area is 126 Å². The predicted octanol–water partition coefficient (Wildman–Crippen LogP) is 4.34. The largest absolute Gasteiger partial charge is 0.459 e. The van der Waals surface area contributed by atoms with Crippen LogP contribution in [-0.4, -0.2) is 25.3 Å². The van der Waals surface area contributed by atoms with Crippen LogP contribution in [0.1, 0.15) is 44.0 Å². The summed E-state index contributed by atoms with van der Waals surface area (Å²) in [6.45, 7) is 7.39. The maximum Gasteiger partial charge on any atom is 0.338 e. The van der Waals surface area contributed by atoms with Gasteiger partial charge in [0.1, 0.15) is 6.10 Å². The van der Waals surface area contributed by atoms with E-state index in [2.05, 4.69) is 6.92 Å². The zero-order valence-corrected chi connectivity index (χ0v) is 13.2. The van der Waals surface area contributed by atoms with Crippen LogP contribution in [0.5, 0.6) is 0 Å². The molecule has 0 spiro atoms. The Morgan fingerprint density at radius 1 is 1.35 bits per heavy atom. The number of carbonyl (C=O) groups excluding carboxylic acids is 1. The van der Waals surface area contributed by atoms with Gasteiger partial charge in [-0.25, -0.2) is 4.79 Å². The highest BCUT2D eigenvalue weighted by Gasteiger charge is 2.18. The van der Waals surface area contributed by atoms with Gasteiger partial charge < -0.3 is 9.47 Å². The van der Waals surface area contributed by atoms with Crippen molar-refractivity contribution in [3.63, 3.8) is 0 Å². The Hall–Kier alpha value is -1.06. The van der Waals surface area contributed by atoms with Gasteiger partial charge >= 0.3 is 5.97 Å². The smallest absolute Gasteiger partial charge is 0.338 e. The first-order valence-corrected chi connectivity index (χ1v) is 7.46. The standard InChI is InChI=1S/C16H23ClO3/c1-4-5-9-19-11-12(2)13(3)20-16(18)14-7-6-8-15(17)10-14/h6-8,10,12-13H,4-5,9,11H2,1-3H3. The van der Waals surface area contributed by atoms with E-state index in [0.717, 1.165) is 19.4 Å². The minimum atomic E-state index is -0.347. The van der Waals surface area contributed by atoms with Crippen LogP contribution in [0.25, 0.3) is 0 Å². The van der Waals surface area contributed by atoms with Crippen molar-refractivity contribution in [3.05, 3.63) is 34.9 Å². The van der Waals surface area contributed by atoms with E-state index in [4.69, 9.17) is 21.1 Å². The molecule has 3 nitrogen and oxygen atoms in total. The van der Waals surface area contributed by atoms with Crippen LogP contribution < -0.4 is 0 Å². The summed E-state index contributed by atoms with van der Waals surface area (Å²) in [5, 5.41) is 0.531. The van der Waals surface area contributed by atoms with Gasteiger partial charge in [-0.05, 0) is 31.5 Å². The van der Waals surface area contributed by atoms with E-state index in [9.17, 15) is 4.79 Å². The molecule has 0 aromatic heterocycles. The minimum Gasteiger partial charge on any atom is -0.459 e. The monoisotopic (exact) mass is 298 g/mol. The summed E-state index contributed by atoms with van der Waals surface area (Å²) in [4.78, 5) is 12.0. The third kappa shape index (κ3) is 5.93. The van der Waals surface area contributed by atoms with Gasteiger partial charge in [0.15, 0.2) is 0 Å². The summed E-state index contributed by atoms with van der Waals surface area (Å²) < 4.78 is 11.0. The molecule has 0 saturated heterocycles. The second-order valence-electron chi connectivity index (χ2n) is 5.03. The summed E-state index contributed by atoms with van der Waals surface area (Å²) in [6.07, 6.45) is 1.99. The Balaban J connectivity index is 2.40. The third-order valence-corrected chi connectivity index (χ3v) is 3.41. The summed E-state index contributed by atoms with van der Waals surface area (Å²) in [6, 6.07) is 6.77. The number of hydrogen-bond acceptors (Lipinski definition) is 3. The molecule has 0 aliphatic rings. The van der Waals surface area contributed by atoms with Gasteiger partial charge in [0.05, 0.1) is 12.2 Å². The number of benzene rings is 1. The fourth-order valence-corrected chi connectivity index (χ4v) is 1.81. The fourth-order valence-electron chi connectivity index (χ4n) is 1.62. The van der Waals surface area contributed by atoms with E-state index < -0.39 is 0 Å². The SMILES string of the molecule is CCCCOCC(C)C(C)OC(=O)c1cccc(Cl)c1. The second kappa shape index (κ2) is 8.98. The zero-order valence-electron chi connectivity index (χ0n) is 12.4. The van der Waals surface area contributed by atoms with E-state index in [1.807, 2.05) is 13.8 Å². The third-order valence-electron chi connectivity index (χ3n) is 3.18. The first-order chi connectivity index (χ1) is 9.54. The lowest BCUT2D eigenvalue weighted by atomic mass is 10.1. The molecule has 0 amide bonds. The predicted molar refractivity (Wildman–Crippen MR) is 81.2 cm³/mol. The van der Waals surface area contributed by atoms with Crippen molar-refractivity contribution in [2.75, 3.05) is 13.2 Å². The maximum atomic E-state index is 12.0. The average molecular weight is 299 g/mol. The van der Waals surface area contributed by atoms with Crippen LogP contribution in [-0.2, 0) is 9.47 Å². The van der Waals surface area contributed by atoms with Crippen molar-refractivity contribution in [2.45, 2.75) is 39.7 Å². The van der Waals surface area contributed by atoms with E-state index in [-0.39, 0.29) is 18.0 Å². The van der Waals surface area contributed by atoms with Crippen molar-refractivity contribution in [1.82, 2.24) is 0 Å². The number of carbonyl (C=O) groups is 1. The highest BCUT2D eigenvalue weighted by Crippen LogP contribution is 2.15. The Morgan fingerprint density at radius 3 is 2.75 bits per heavy atom. The molecule has 0 N–H and O–H groups in total. The van der Waals surface area contributed by atoms with Gasteiger partial charge in [-0.1, -0.05) is 37.9 Å². The van der Waals surface area contributed by atoms with Crippen molar-refractivity contribution >= 4 is 17.6 Å². The number of halogens is 1. The van der Waals surface area contributed by atoms with Crippen LogP contribution >= 0.6 is 11.6 Å². The quantitative estimate of drug-likeness (QED) is 0.529. The lowest BCUT2D eigenvalue weighted by molar-refractivity contribution is 0.00216. The van der Waals surface area contributed by atoms with Crippen LogP contribution in [0.3, 0.4) is 0 Å². The molecule has 0 aliphatic carbocycles. The normalized spacial score (nSPS) is 13.8. The molecule has 2 unspecified atom stereocenters. The molecule has 0 fully saturated rings. The fraction of sp³-hybridized carbons (Fsp3) is 0.562. The molecule has 0 bridgehead atoms. The van der Waals surface area contributed by atoms with E-state index >= 15 is 0 Å². The van der Waals surface area contributed by atoms with Crippen molar-refractivity contribution in [1.29, 1.82) is 0 Å². The lowest BCUT2D eigenvalue weighted by Crippen LogP contribution is -2.25. The molecule has 112 valence electrons. The Morgan fingerprint density at radius 2 is 2.10 bits per heavy atom. The maximum absolute atomic E-state index is 12.0. The molecule has 0 heterocycles. The van der Waals surface area contributed by atoms with Gasteiger partial charge in [-0.15, -0.1) is 0 Å². The topological polar surface area (TPSA) is 35.5 Å². The summed E-state index contributed by atoms with van der Waals surface area (Å²) >= 11 is 5.86. The number of unbranched alkanes of at least 4 members (excludes halogenated alkanes) is 1. The molecule has 1 aromatic carbocycles. The first-order valence-electron chi connectivity index (χ1n) is 7.09. The average Bonchev–Trinajstić information content (AvgIpc) is 2.43. The molecule has 4 heteroatoms. The number of hydrogen-bond donors (Lipinski definition) is 0. The number of ether oxygens (including phenoxy) is 2. The Kier molecular flexibility index (Phi) is 7.63. The summed E-state index contributed by atoms with van der Waals surface area (Å²) in [7, 11) is 0. The molecule has 2 atom stereocenters. The molecule has 1 rings (SSSR count). The number of rotatable bonds is 8. The van der Waals surface area contributed by atoms with Crippen LogP contribution in [0, 0.1) is 5.92 Å². The van der Waals surface area contributed by atoms with Gasteiger partial charge in [-0.3, -0.25) is 0 Å². The summed E-state index contributed by atoms with van der Waals surface area (Å²) in [5.74, 6) is -0.185. The van der Waals surface area contributed by atoms with Crippen molar-refractivity contribution in [3.8, 4) is 0 Å². The van der Waals surface area contributed by atoms with Gasteiger partial charge in [0.25, 0.3) is 0 Å². The van der Waals surface area contributed by atoms with Crippen molar-refractivity contribution in [2.24, 2.45) is 5.92 Å². The molecular formula is C16H23ClO3. The molecule has 0 saturated carbocycles. The van der Waals surface area contributed by atoms with E-state index in [1.165, 1.54) is 0 Å².